The van der Waals surface area contributed by atoms with Crippen molar-refractivity contribution in [3.8, 4) is 5.75 Å². The van der Waals surface area contributed by atoms with Crippen LogP contribution in [0, 0.1) is 13.8 Å². The minimum Gasteiger partial charge on any atom is -0.483 e. The van der Waals surface area contributed by atoms with Gasteiger partial charge in [-0.3, -0.25) is 10.1 Å². The average Bonchev–Trinajstić information content (AvgIpc) is 3.05. The quantitative estimate of drug-likeness (QED) is 0.558. The van der Waals surface area contributed by atoms with Gasteiger partial charge in [0.2, 0.25) is 0 Å². The third-order valence-electron chi connectivity index (χ3n) is 3.89. The Kier molecular flexibility index (Phi) is 6.37. The van der Waals surface area contributed by atoms with E-state index in [0.29, 0.717) is 27.3 Å². The SMILES string of the molecule is Cc1ccc(OCC(=O)Nc2ncc(Cc3cccc(Cl)c3Cl)s2)c(C)c1. The Hall–Kier alpha value is -2.08. The van der Waals surface area contributed by atoms with Gasteiger partial charge >= 0.3 is 0 Å². The van der Waals surface area contributed by atoms with Crippen LogP contribution in [0.3, 0.4) is 0 Å². The number of thiazole rings is 1. The van der Waals surface area contributed by atoms with Crippen LogP contribution in [0.4, 0.5) is 5.13 Å². The summed E-state index contributed by atoms with van der Waals surface area (Å²) in [6.45, 7) is 3.90. The van der Waals surface area contributed by atoms with Crippen LogP contribution >= 0.6 is 34.5 Å². The highest BCUT2D eigenvalue weighted by molar-refractivity contribution is 7.15. The number of amides is 1. The summed E-state index contributed by atoms with van der Waals surface area (Å²) in [6, 6.07) is 11.4. The number of aryl methyl sites for hydroxylation is 2. The van der Waals surface area contributed by atoms with E-state index in [9.17, 15) is 4.79 Å². The molecule has 7 heteroatoms. The number of benzene rings is 2. The van der Waals surface area contributed by atoms with Gasteiger partial charge in [0.15, 0.2) is 11.7 Å². The first-order chi connectivity index (χ1) is 12.9. The van der Waals surface area contributed by atoms with Crippen LogP contribution in [0.5, 0.6) is 5.75 Å². The number of nitrogens with one attached hydrogen (secondary N) is 1. The second kappa shape index (κ2) is 8.74. The van der Waals surface area contributed by atoms with Crippen LogP contribution in [-0.2, 0) is 11.2 Å². The Morgan fingerprint density at radius 3 is 2.81 bits per heavy atom. The van der Waals surface area contributed by atoms with Crippen molar-refractivity contribution >= 4 is 45.6 Å². The number of hydrogen-bond acceptors (Lipinski definition) is 4. The molecule has 1 heterocycles. The Morgan fingerprint density at radius 1 is 1.22 bits per heavy atom. The molecule has 0 aliphatic rings. The minimum atomic E-state index is -0.253. The van der Waals surface area contributed by atoms with Crippen molar-refractivity contribution in [1.29, 1.82) is 0 Å². The molecule has 0 unspecified atom stereocenters. The van der Waals surface area contributed by atoms with Gasteiger partial charge in [0, 0.05) is 17.5 Å². The molecule has 1 amide bonds. The lowest BCUT2D eigenvalue weighted by molar-refractivity contribution is -0.118. The first-order valence-corrected chi connectivity index (χ1v) is 9.87. The topological polar surface area (TPSA) is 51.2 Å². The molecule has 3 aromatic rings. The summed E-state index contributed by atoms with van der Waals surface area (Å²) in [5.41, 5.74) is 3.07. The highest BCUT2D eigenvalue weighted by atomic mass is 35.5. The number of carbonyl (C=O) groups is 1. The third-order valence-corrected chi connectivity index (χ3v) is 5.66. The van der Waals surface area contributed by atoms with E-state index in [4.69, 9.17) is 27.9 Å². The molecule has 0 fully saturated rings. The number of ether oxygens (including phenoxy) is 1. The standard InChI is InChI=1S/C20H18Cl2N2O2S/c1-12-6-7-17(13(2)8-12)26-11-18(25)24-20-23-10-15(27-20)9-14-4-3-5-16(21)19(14)22/h3-8,10H,9,11H2,1-2H3,(H,23,24,25). The van der Waals surface area contributed by atoms with E-state index in [-0.39, 0.29) is 12.5 Å². The molecular formula is C20H18Cl2N2O2S. The number of nitrogens with zero attached hydrogens (tertiary/aromatic N) is 1. The molecule has 3 rings (SSSR count). The lowest BCUT2D eigenvalue weighted by Crippen LogP contribution is -2.20. The predicted molar refractivity (Wildman–Crippen MR) is 111 cm³/mol. The summed E-state index contributed by atoms with van der Waals surface area (Å²) in [5, 5.41) is 4.35. The molecule has 0 radical (unpaired) electrons. The summed E-state index contributed by atoms with van der Waals surface area (Å²) in [4.78, 5) is 17.3. The van der Waals surface area contributed by atoms with Crippen LogP contribution in [-0.4, -0.2) is 17.5 Å². The zero-order valence-electron chi connectivity index (χ0n) is 14.9. The summed E-state index contributed by atoms with van der Waals surface area (Å²) in [5.74, 6) is 0.447. The largest absolute Gasteiger partial charge is 0.483 e. The molecule has 27 heavy (non-hydrogen) atoms. The van der Waals surface area contributed by atoms with E-state index in [2.05, 4.69) is 10.3 Å². The second-order valence-corrected chi connectivity index (χ2v) is 8.03. The van der Waals surface area contributed by atoms with E-state index in [1.807, 2.05) is 44.2 Å². The Morgan fingerprint density at radius 2 is 2.04 bits per heavy atom. The monoisotopic (exact) mass is 420 g/mol. The van der Waals surface area contributed by atoms with Crippen LogP contribution < -0.4 is 10.1 Å². The van der Waals surface area contributed by atoms with Gasteiger partial charge in [-0.05, 0) is 37.1 Å². The van der Waals surface area contributed by atoms with Gasteiger partial charge in [0.05, 0.1) is 10.0 Å². The minimum absolute atomic E-state index is 0.0705. The molecule has 2 aromatic carbocycles. The number of carbonyl (C=O) groups excluding carboxylic acids is 1. The lowest BCUT2D eigenvalue weighted by atomic mass is 10.1. The first kappa shape index (κ1) is 19.7. The van der Waals surface area contributed by atoms with E-state index in [1.54, 1.807) is 12.3 Å². The third kappa shape index (κ3) is 5.22. The van der Waals surface area contributed by atoms with Gasteiger partial charge in [-0.2, -0.15) is 0 Å². The van der Waals surface area contributed by atoms with Crippen LogP contribution in [0.25, 0.3) is 0 Å². The normalized spacial score (nSPS) is 10.7. The van der Waals surface area contributed by atoms with Crippen LogP contribution in [0.2, 0.25) is 10.0 Å². The van der Waals surface area contributed by atoms with Crippen molar-refractivity contribution in [2.45, 2.75) is 20.3 Å². The molecule has 0 aliphatic heterocycles. The molecule has 1 aromatic heterocycles. The summed E-state index contributed by atoms with van der Waals surface area (Å²) in [6.07, 6.45) is 2.33. The average molecular weight is 421 g/mol. The van der Waals surface area contributed by atoms with Crippen molar-refractivity contribution in [3.05, 3.63) is 74.2 Å². The molecule has 140 valence electrons. The molecular weight excluding hydrogens is 403 g/mol. The predicted octanol–water partition coefficient (Wildman–Crippen LogP) is 5.68. The van der Waals surface area contributed by atoms with E-state index < -0.39 is 0 Å². The molecule has 0 saturated carbocycles. The van der Waals surface area contributed by atoms with Gasteiger partial charge in [-0.25, -0.2) is 4.98 Å². The van der Waals surface area contributed by atoms with Gasteiger partial charge in [-0.15, -0.1) is 11.3 Å². The van der Waals surface area contributed by atoms with Crippen molar-refractivity contribution in [3.63, 3.8) is 0 Å². The molecule has 0 atom stereocenters. The fraction of sp³-hybridized carbons (Fsp3) is 0.200. The fourth-order valence-electron chi connectivity index (χ4n) is 2.58. The number of anilines is 1. The molecule has 4 nitrogen and oxygen atoms in total. The van der Waals surface area contributed by atoms with Gasteiger partial charge < -0.3 is 4.74 Å². The number of rotatable bonds is 6. The fourth-order valence-corrected chi connectivity index (χ4v) is 3.82. The summed E-state index contributed by atoms with van der Waals surface area (Å²) >= 11 is 13.7. The number of halogens is 2. The molecule has 1 N–H and O–H groups in total. The first-order valence-electron chi connectivity index (χ1n) is 8.30. The molecule has 0 aliphatic carbocycles. The summed E-state index contributed by atoms with van der Waals surface area (Å²) in [7, 11) is 0. The van der Waals surface area contributed by atoms with Crippen LogP contribution in [0.15, 0.2) is 42.6 Å². The van der Waals surface area contributed by atoms with E-state index >= 15 is 0 Å². The Balaban J connectivity index is 1.57. The van der Waals surface area contributed by atoms with Crippen molar-refractivity contribution in [1.82, 2.24) is 4.98 Å². The van der Waals surface area contributed by atoms with Crippen LogP contribution in [0.1, 0.15) is 21.6 Å². The molecule has 0 spiro atoms. The van der Waals surface area contributed by atoms with Crippen molar-refractivity contribution < 1.29 is 9.53 Å². The zero-order chi connectivity index (χ0) is 19.4. The molecule has 0 bridgehead atoms. The highest BCUT2D eigenvalue weighted by Gasteiger charge is 2.11. The van der Waals surface area contributed by atoms with Gasteiger partial charge in [-0.1, -0.05) is 53.0 Å². The van der Waals surface area contributed by atoms with E-state index in [1.165, 1.54) is 11.3 Å². The summed E-state index contributed by atoms with van der Waals surface area (Å²) < 4.78 is 5.59. The van der Waals surface area contributed by atoms with Gasteiger partial charge in [0.1, 0.15) is 5.75 Å². The maximum absolute atomic E-state index is 12.1. The Bertz CT molecular complexity index is 972. The molecule has 0 saturated heterocycles. The zero-order valence-corrected chi connectivity index (χ0v) is 17.2. The highest BCUT2D eigenvalue weighted by Crippen LogP contribution is 2.29. The van der Waals surface area contributed by atoms with E-state index in [0.717, 1.165) is 21.6 Å². The van der Waals surface area contributed by atoms with Crippen molar-refractivity contribution in [2.24, 2.45) is 0 Å². The maximum Gasteiger partial charge on any atom is 0.264 e. The van der Waals surface area contributed by atoms with Crippen molar-refractivity contribution in [2.75, 3.05) is 11.9 Å². The maximum atomic E-state index is 12.1. The second-order valence-electron chi connectivity index (χ2n) is 6.13. The lowest BCUT2D eigenvalue weighted by Gasteiger charge is -2.09. The number of aromatic nitrogens is 1. The Labute approximate surface area is 172 Å². The van der Waals surface area contributed by atoms with Gasteiger partial charge in [0.25, 0.3) is 5.91 Å². The number of hydrogen-bond donors (Lipinski definition) is 1. The smallest absolute Gasteiger partial charge is 0.264 e.